The van der Waals surface area contributed by atoms with Crippen molar-refractivity contribution in [3.8, 4) is 6.07 Å². The number of nitriles is 1. The van der Waals surface area contributed by atoms with Crippen LogP contribution in [0.3, 0.4) is 0 Å². The minimum absolute atomic E-state index is 0.147. The number of hydrogen-bond acceptors (Lipinski definition) is 7. The molecule has 0 heterocycles. The number of unbranched alkanes of at least 4 members (excludes halogenated alkanes) is 1. The molecular weight excluding hydrogens is 374 g/mol. The SMILES string of the molecule is CCCCOC(=O)c1ccccc1NC(=O)/C(C#N)=C\NCC(OCC)OCC. The van der Waals surface area contributed by atoms with Crippen LogP contribution in [0.1, 0.15) is 44.0 Å². The summed E-state index contributed by atoms with van der Waals surface area (Å²) in [6.07, 6.45) is 2.48. The van der Waals surface area contributed by atoms with Gasteiger partial charge >= 0.3 is 5.97 Å². The summed E-state index contributed by atoms with van der Waals surface area (Å²) in [5, 5.41) is 14.7. The molecular formula is C21H29N3O5. The van der Waals surface area contributed by atoms with Crippen LogP contribution in [0.25, 0.3) is 0 Å². The molecule has 1 rings (SSSR count). The highest BCUT2D eigenvalue weighted by Crippen LogP contribution is 2.17. The molecule has 2 N–H and O–H groups in total. The monoisotopic (exact) mass is 403 g/mol. The summed E-state index contributed by atoms with van der Waals surface area (Å²) in [5.41, 5.74) is 0.363. The van der Waals surface area contributed by atoms with Crippen LogP contribution < -0.4 is 10.6 Å². The van der Waals surface area contributed by atoms with E-state index in [9.17, 15) is 14.9 Å². The molecule has 158 valence electrons. The highest BCUT2D eigenvalue weighted by Gasteiger charge is 2.16. The van der Waals surface area contributed by atoms with E-state index in [0.29, 0.717) is 19.8 Å². The first-order chi connectivity index (χ1) is 14.1. The number of para-hydroxylation sites is 1. The minimum Gasteiger partial charge on any atom is -0.462 e. The molecule has 0 spiro atoms. The molecule has 0 fully saturated rings. The van der Waals surface area contributed by atoms with Gasteiger partial charge in [0.2, 0.25) is 0 Å². The molecule has 8 heteroatoms. The second kappa shape index (κ2) is 14.2. The van der Waals surface area contributed by atoms with E-state index in [4.69, 9.17) is 14.2 Å². The maximum atomic E-state index is 12.4. The first kappa shape index (κ1) is 24.1. The predicted octanol–water partition coefficient (Wildman–Crippen LogP) is 2.98. The molecule has 1 amide bonds. The Morgan fingerprint density at radius 1 is 1.17 bits per heavy atom. The van der Waals surface area contributed by atoms with Crippen LogP contribution in [0, 0.1) is 11.3 Å². The van der Waals surface area contributed by atoms with Gasteiger partial charge in [-0.2, -0.15) is 5.26 Å². The van der Waals surface area contributed by atoms with Crippen molar-refractivity contribution in [2.75, 3.05) is 31.7 Å². The Morgan fingerprint density at radius 3 is 2.48 bits per heavy atom. The number of carbonyl (C=O) groups is 2. The quantitative estimate of drug-likeness (QED) is 0.171. The molecule has 8 nitrogen and oxygen atoms in total. The average molecular weight is 403 g/mol. The van der Waals surface area contributed by atoms with Gasteiger partial charge in [-0.1, -0.05) is 25.5 Å². The summed E-state index contributed by atoms with van der Waals surface area (Å²) in [5.74, 6) is -1.16. The highest BCUT2D eigenvalue weighted by atomic mass is 16.7. The highest BCUT2D eigenvalue weighted by molar-refractivity contribution is 6.09. The van der Waals surface area contributed by atoms with Gasteiger partial charge in [0, 0.05) is 19.4 Å². The second-order valence-corrected chi connectivity index (χ2v) is 5.91. The van der Waals surface area contributed by atoms with E-state index in [-0.39, 0.29) is 23.4 Å². The summed E-state index contributed by atoms with van der Waals surface area (Å²) < 4.78 is 16.0. The van der Waals surface area contributed by atoms with Gasteiger partial charge in [0.1, 0.15) is 11.6 Å². The number of nitrogens with zero attached hydrogens (tertiary/aromatic N) is 1. The largest absolute Gasteiger partial charge is 0.462 e. The molecule has 0 saturated heterocycles. The van der Waals surface area contributed by atoms with Gasteiger partial charge in [0.05, 0.1) is 24.4 Å². The molecule has 0 aliphatic rings. The summed E-state index contributed by atoms with van der Waals surface area (Å²) in [7, 11) is 0. The number of anilines is 1. The van der Waals surface area contributed by atoms with Gasteiger partial charge in [0.25, 0.3) is 5.91 Å². The van der Waals surface area contributed by atoms with Crippen molar-refractivity contribution in [2.45, 2.75) is 39.9 Å². The maximum absolute atomic E-state index is 12.4. The Kier molecular flexibility index (Phi) is 11.8. The topological polar surface area (TPSA) is 110 Å². The first-order valence-electron chi connectivity index (χ1n) is 9.71. The number of nitrogens with one attached hydrogen (secondary N) is 2. The van der Waals surface area contributed by atoms with Crippen molar-refractivity contribution in [3.63, 3.8) is 0 Å². The fourth-order valence-electron chi connectivity index (χ4n) is 2.29. The number of hydrogen-bond donors (Lipinski definition) is 2. The molecule has 0 bridgehead atoms. The van der Waals surface area contributed by atoms with E-state index in [2.05, 4.69) is 10.6 Å². The molecule has 29 heavy (non-hydrogen) atoms. The lowest BCUT2D eigenvalue weighted by Crippen LogP contribution is -2.29. The summed E-state index contributed by atoms with van der Waals surface area (Å²) in [4.78, 5) is 24.7. The van der Waals surface area contributed by atoms with Crippen LogP contribution in [0.4, 0.5) is 5.69 Å². The van der Waals surface area contributed by atoms with Crippen LogP contribution >= 0.6 is 0 Å². The van der Waals surface area contributed by atoms with Crippen molar-refractivity contribution in [1.29, 1.82) is 5.26 Å². The zero-order valence-corrected chi connectivity index (χ0v) is 17.2. The molecule has 0 atom stereocenters. The molecule has 0 unspecified atom stereocenters. The predicted molar refractivity (Wildman–Crippen MR) is 109 cm³/mol. The molecule has 0 aliphatic carbocycles. The van der Waals surface area contributed by atoms with E-state index < -0.39 is 18.2 Å². The minimum atomic E-state index is -0.641. The molecule has 0 aliphatic heterocycles. The molecule has 1 aromatic carbocycles. The van der Waals surface area contributed by atoms with Crippen molar-refractivity contribution in [2.24, 2.45) is 0 Å². The van der Waals surface area contributed by atoms with Gasteiger partial charge in [-0.05, 0) is 32.4 Å². The molecule has 1 aromatic rings. The third kappa shape index (κ3) is 8.77. The average Bonchev–Trinajstić information content (AvgIpc) is 2.72. The van der Waals surface area contributed by atoms with Gasteiger partial charge in [0.15, 0.2) is 6.29 Å². The summed E-state index contributed by atoms with van der Waals surface area (Å²) >= 11 is 0. The van der Waals surface area contributed by atoms with Crippen molar-refractivity contribution >= 4 is 17.6 Å². The number of rotatable bonds is 13. The smallest absolute Gasteiger partial charge is 0.340 e. The Bertz CT molecular complexity index is 721. The molecule has 0 radical (unpaired) electrons. The van der Waals surface area contributed by atoms with E-state index in [1.165, 1.54) is 6.20 Å². The lowest BCUT2D eigenvalue weighted by Gasteiger charge is -2.16. The number of benzene rings is 1. The lowest BCUT2D eigenvalue weighted by molar-refractivity contribution is -0.131. The Labute approximate surface area is 171 Å². The van der Waals surface area contributed by atoms with Crippen LogP contribution in [-0.4, -0.2) is 44.5 Å². The fraction of sp³-hybridized carbons (Fsp3) is 0.476. The maximum Gasteiger partial charge on any atom is 0.340 e. The first-order valence-corrected chi connectivity index (χ1v) is 9.71. The van der Waals surface area contributed by atoms with Crippen molar-refractivity contribution in [3.05, 3.63) is 41.6 Å². The standard InChI is InChI=1S/C21H29N3O5/c1-4-7-12-29-21(26)17-10-8-9-11-18(17)24-20(25)16(13-22)14-23-15-19(27-5-2)28-6-3/h8-11,14,19,23H,4-7,12,15H2,1-3H3,(H,24,25)/b16-14-. The Hall–Kier alpha value is -2.89. The Morgan fingerprint density at radius 2 is 1.86 bits per heavy atom. The van der Waals surface area contributed by atoms with E-state index in [0.717, 1.165) is 12.8 Å². The summed E-state index contributed by atoms with van der Waals surface area (Å²) in [6.45, 7) is 7.24. The zero-order chi connectivity index (χ0) is 21.5. The second-order valence-electron chi connectivity index (χ2n) is 5.91. The van der Waals surface area contributed by atoms with Crippen LogP contribution in [-0.2, 0) is 19.0 Å². The molecule has 0 saturated carbocycles. The van der Waals surface area contributed by atoms with Crippen LogP contribution in [0.15, 0.2) is 36.0 Å². The van der Waals surface area contributed by atoms with E-state index in [1.54, 1.807) is 24.3 Å². The van der Waals surface area contributed by atoms with Crippen molar-refractivity contribution in [1.82, 2.24) is 5.32 Å². The van der Waals surface area contributed by atoms with Crippen LogP contribution in [0.2, 0.25) is 0 Å². The van der Waals surface area contributed by atoms with E-state index in [1.807, 2.05) is 26.8 Å². The van der Waals surface area contributed by atoms with E-state index >= 15 is 0 Å². The lowest BCUT2D eigenvalue weighted by atomic mass is 10.1. The number of amides is 1. The normalized spacial score (nSPS) is 11.1. The van der Waals surface area contributed by atoms with Gasteiger partial charge in [-0.25, -0.2) is 4.79 Å². The third-order valence-corrected chi connectivity index (χ3v) is 3.73. The molecule has 0 aromatic heterocycles. The summed E-state index contributed by atoms with van der Waals surface area (Å²) in [6, 6.07) is 8.34. The number of esters is 1. The van der Waals surface area contributed by atoms with Gasteiger partial charge in [-0.15, -0.1) is 0 Å². The fourth-order valence-corrected chi connectivity index (χ4v) is 2.29. The van der Waals surface area contributed by atoms with Gasteiger partial charge in [-0.3, -0.25) is 4.79 Å². The number of carbonyl (C=O) groups excluding carboxylic acids is 2. The zero-order valence-electron chi connectivity index (χ0n) is 17.2. The van der Waals surface area contributed by atoms with Gasteiger partial charge < -0.3 is 24.8 Å². The third-order valence-electron chi connectivity index (χ3n) is 3.73. The van der Waals surface area contributed by atoms with Crippen LogP contribution in [0.5, 0.6) is 0 Å². The number of ether oxygens (including phenoxy) is 3. The van der Waals surface area contributed by atoms with Crippen molar-refractivity contribution < 1.29 is 23.8 Å². The Balaban J connectivity index is 2.77.